The van der Waals surface area contributed by atoms with Crippen molar-refractivity contribution in [2.75, 3.05) is 68.0 Å². The van der Waals surface area contributed by atoms with Crippen molar-refractivity contribution in [2.45, 2.75) is 82.7 Å². The van der Waals surface area contributed by atoms with Gasteiger partial charge in [0.25, 0.3) is 23.3 Å². The maximum atomic E-state index is 13.7. The lowest BCUT2D eigenvalue weighted by molar-refractivity contribution is -0.136. The highest BCUT2D eigenvalue weighted by atomic mass is 35.5. The minimum atomic E-state index is -0.995. The van der Waals surface area contributed by atoms with Crippen LogP contribution in [0.4, 0.5) is 23.1 Å². The molecule has 19 heteroatoms. The quantitative estimate of drug-likeness (QED) is 0.174. The number of piperidine rings is 2. The minimum absolute atomic E-state index is 0.0795. The molecule has 9 rings (SSSR count). The van der Waals surface area contributed by atoms with Gasteiger partial charge in [0.2, 0.25) is 17.8 Å². The van der Waals surface area contributed by atoms with Gasteiger partial charge in [-0.3, -0.25) is 43.9 Å². The molecule has 1 aliphatic carbocycles. The van der Waals surface area contributed by atoms with Gasteiger partial charge in [-0.05, 0) is 82.3 Å². The highest BCUT2D eigenvalue weighted by molar-refractivity contribution is 6.33. The molecule has 2 aromatic heterocycles. The van der Waals surface area contributed by atoms with Crippen LogP contribution in [0.25, 0.3) is 10.9 Å². The number of hydrogen-bond donors (Lipinski definition) is 3. The molecular weight excluding hydrogens is 844 g/mol. The van der Waals surface area contributed by atoms with E-state index in [-0.39, 0.29) is 54.9 Å². The molecule has 18 nitrogen and oxygen atoms in total. The van der Waals surface area contributed by atoms with Crippen LogP contribution in [0, 0.1) is 0 Å². The van der Waals surface area contributed by atoms with Crippen molar-refractivity contribution in [3.63, 3.8) is 0 Å². The van der Waals surface area contributed by atoms with Gasteiger partial charge in [0.15, 0.2) is 18.2 Å². The summed E-state index contributed by atoms with van der Waals surface area (Å²) in [4.78, 5) is 93.5. The number of amides is 5. The van der Waals surface area contributed by atoms with E-state index >= 15 is 0 Å². The Labute approximate surface area is 374 Å². The van der Waals surface area contributed by atoms with Crippen LogP contribution in [0.5, 0.6) is 5.75 Å². The number of imide groups is 2. The number of fused-ring (bicyclic) bond motifs is 2. The van der Waals surface area contributed by atoms with Crippen LogP contribution in [0.2, 0.25) is 5.02 Å². The first-order valence-corrected chi connectivity index (χ1v) is 22.3. The molecule has 1 saturated carbocycles. The molecule has 336 valence electrons. The highest BCUT2D eigenvalue weighted by Gasteiger charge is 2.46. The van der Waals surface area contributed by atoms with Crippen molar-refractivity contribution in [1.82, 2.24) is 35.0 Å². The second kappa shape index (κ2) is 17.8. The first kappa shape index (κ1) is 43.2. The number of likely N-dealkylation sites (N-methyl/N-ethyl adjacent to an activating group) is 1. The van der Waals surface area contributed by atoms with E-state index in [1.54, 1.807) is 29.0 Å². The van der Waals surface area contributed by atoms with E-state index in [1.807, 2.05) is 38.1 Å². The Morgan fingerprint density at radius 2 is 1.69 bits per heavy atom. The number of aromatic nitrogens is 3. The number of ether oxygens (including phenoxy) is 2. The normalized spacial score (nSPS) is 21.9. The molecule has 0 radical (unpaired) electrons. The summed E-state index contributed by atoms with van der Waals surface area (Å²) in [5.41, 5.74) is 2.44. The first-order valence-electron chi connectivity index (χ1n) is 21.9. The number of nitrogens with one attached hydrogen (secondary N) is 3. The number of anilines is 4. The molecular formula is C45H51ClN10O8. The monoisotopic (exact) mass is 894 g/mol. The summed E-state index contributed by atoms with van der Waals surface area (Å²) in [5, 5.41) is 9.18. The molecule has 6 heterocycles. The zero-order valence-electron chi connectivity index (χ0n) is 36.0. The third-order valence-electron chi connectivity index (χ3n) is 12.9. The van der Waals surface area contributed by atoms with Crippen molar-refractivity contribution < 1.29 is 33.4 Å². The van der Waals surface area contributed by atoms with Crippen molar-refractivity contribution in [1.29, 1.82) is 0 Å². The van der Waals surface area contributed by atoms with Crippen LogP contribution in [0.15, 0.2) is 53.5 Å². The fourth-order valence-corrected chi connectivity index (χ4v) is 9.60. The van der Waals surface area contributed by atoms with Gasteiger partial charge in [0.1, 0.15) is 11.1 Å². The van der Waals surface area contributed by atoms with Gasteiger partial charge in [0.05, 0.1) is 40.7 Å². The van der Waals surface area contributed by atoms with E-state index in [0.717, 1.165) is 67.7 Å². The predicted octanol–water partition coefficient (Wildman–Crippen LogP) is 3.63. The summed E-state index contributed by atoms with van der Waals surface area (Å²) < 4.78 is 13.8. The van der Waals surface area contributed by atoms with Crippen LogP contribution in [-0.4, -0.2) is 131 Å². The SMILES string of the molecule is CNC(=O)COc1cc2cc(Nc3nc(N4CCC(O[C@H]5C[C@H](N6CCN(c7cccc8c7C(=O)N(C7CCC(=O)NC7=O)C8=O)CC6)C5)CC4)ncc3Cl)ccc2n(C(C)C)c1=O. The predicted molar refractivity (Wildman–Crippen MR) is 239 cm³/mol. The summed E-state index contributed by atoms with van der Waals surface area (Å²) >= 11 is 6.59. The van der Waals surface area contributed by atoms with E-state index in [1.165, 1.54) is 7.05 Å². The third kappa shape index (κ3) is 8.36. The number of nitrogens with zero attached hydrogens (tertiary/aromatic N) is 7. The van der Waals surface area contributed by atoms with Gasteiger partial charge in [-0.25, -0.2) is 4.98 Å². The molecule has 5 aliphatic rings. The van der Waals surface area contributed by atoms with Crippen LogP contribution in [0.3, 0.4) is 0 Å². The highest BCUT2D eigenvalue weighted by Crippen LogP contribution is 2.37. The standard InChI is InChI=1S/C45H51ClN10O8/c1-25(2)55-33-8-7-27(19-26(33)20-36(43(55)61)63-24-38(58)47-3)49-40-32(46)23-48-45(51-40)54-13-11-29(12-14-54)64-30-21-28(22-30)52-15-17-53(18-16-52)34-6-4-5-31-39(34)44(62)56(42(31)60)35-9-10-37(57)50-41(35)59/h4-8,19-20,23,25,28-30,35H,9-18,21-22,24H2,1-3H3,(H,47,58)(H,48,49,51)(H,50,57,59)/t28-,30-,35?. The lowest BCUT2D eigenvalue weighted by Gasteiger charge is -2.47. The molecule has 4 aromatic rings. The Balaban J connectivity index is 0.757. The Bertz CT molecular complexity index is 2580. The van der Waals surface area contributed by atoms with Gasteiger partial charge in [-0.2, -0.15) is 4.98 Å². The molecule has 3 N–H and O–H groups in total. The molecule has 3 saturated heterocycles. The number of piperazine rings is 1. The number of pyridine rings is 1. The zero-order valence-corrected chi connectivity index (χ0v) is 36.7. The number of halogens is 1. The zero-order chi connectivity index (χ0) is 44.8. The van der Waals surface area contributed by atoms with Crippen molar-refractivity contribution in [3.8, 4) is 5.75 Å². The van der Waals surface area contributed by atoms with E-state index in [4.69, 9.17) is 26.1 Å². The van der Waals surface area contributed by atoms with Crippen LogP contribution in [0.1, 0.15) is 79.1 Å². The molecule has 64 heavy (non-hydrogen) atoms. The largest absolute Gasteiger partial charge is 0.478 e. The van der Waals surface area contributed by atoms with Crippen LogP contribution < -0.4 is 36.0 Å². The molecule has 5 amide bonds. The lowest BCUT2D eigenvalue weighted by atomic mass is 9.87. The van der Waals surface area contributed by atoms with Gasteiger partial charge in [-0.15, -0.1) is 0 Å². The van der Waals surface area contributed by atoms with E-state index in [2.05, 4.69) is 35.6 Å². The van der Waals surface area contributed by atoms with Crippen LogP contribution >= 0.6 is 11.6 Å². The maximum absolute atomic E-state index is 13.7. The summed E-state index contributed by atoms with van der Waals surface area (Å²) in [6.45, 7) is 8.04. The van der Waals surface area contributed by atoms with E-state index in [0.29, 0.717) is 58.4 Å². The van der Waals surface area contributed by atoms with Gasteiger partial charge < -0.3 is 34.5 Å². The van der Waals surface area contributed by atoms with Crippen molar-refractivity contribution in [3.05, 3.63) is 75.2 Å². The fourth-order valence-electron chi connectivity index (χ4n) is 9.46. The average molecular weight is 895 g/mol. The second-order valence-corrected chi connectivity index (χ2v) is 17.7. The molecule has 0 bridgehead atoms. The minimum Gasteiger partial charge on any atom is -0.478 e. The topological polar surface area (TPSA) is 201 Å². The summed E-state index contributed by atoms with van der Waals surface area (Å²) in [5.74, 6) is -1.23. The number of benzene rings is 2. The molecule has 4 fully saturated rings. The third-order valence-corrected chi connectivity index (χ3v) is 13.2. The first-order chi connectivity index (χ1) is 30.9. The lowest BCUT2D eigenvalue weighted by Crippen LogP contribution is -2.56. The number of hydrogen-bond acceptors (Lipinski definition) is 14. The van der Waals surface area contributed by atoms with Crippen molar-refractivity contribution >= 4 is 75.2 Å². The average Bonchev–Trinajstić information content (AvgIpc) is 3.53. The van der Waals surface area contributed by atoms with Crippen LogP contribution in [-0.2, 0) is 19.1 Å². The molecule has 0 spiro atoms. The summed E-state index contributed by atoms with van der Waals surface area (Å²) in [7, 11) is 1.51. The Kier molecular flexibility index (Phi) is 12.0. The fraction of sp³-hybridized carbons (Fsp3) is 0.467. The number of rotatable bonds is 12. The van der Waals surface area contributed by atoms with Gasteiger partial charge in [0, 0.05) is 75.9 Å². The summed E-state index contributed by atoms with van der Waals surface area (Å²) in [6, 6.07) is 11.8. The number of carbonyl (C=O) groups excluding carboxylic acids is 5. The van der Waals surface area contributed by atoms with Gasteiger partial charge in [-0.1, -0.05) is 17.7 Å². The van der Waals surface area contributed by atoms with Gasteiger partial charge >= 0.3 is 0 Å². The Hall–Kier alpha value is -6.11. The molecule has 1 atom stereocenters. The van der Waals surface area contributed by atoms with E-state index in [9.17, 15) is 28.8 Å². The summed E-state index contributed by atoms with van der Waals surface area (Å²) in [6.07, 6.45) is 5.71. The smallest absolute Gasteiger partial charge is 0.293 e. The Morgan fingerprint density at radius 3 is 2.41 bits per heavy atom. The Morgan fingerprint density at radius 1 is 0.922 bits per heavy atom. The number of carbonyl (C=O) groups is 5. The molecule has 2 aromatic carbocycles. The second-order valence-electron chi connectivity index (χ2n) is 17.2. The van der Waals surface area contributed by atoms with E-state index < -0.39 is 29.7 Å². The van der Waals surface area contributed by atoms with Crippen molar-refractivity contribution in [2.24, 2.45) is 0 Å². The maximum Gasteiger partial charge on any atom is 0.293 e. The molecule has 1 unspecified atom stereocenters. The molecule has 4 aliphatic heterocycles.